The van der Waals surface area contributed by atoms with Gasteiger partial charge in [0.1, 0.15) is 12.4 Å². The summed E-state index contributed by atoms with van der Waals surface area (Å²) in [5.74, 6) is 0.0156. The summed E-state index contributed by atoms with van der Waals surface area (Å²) in [6, 6.07) is 0.850. The van der Waals surface area contributed by atoms with Crippen LogP contribution in [-0.2, 0) is 15.7 Å². The van der Waals surface area contributed by atoms with Crippen LogP contribution in [0.25, 0.3) is 0 Å². The van der Waals surface area contributed by atoms with E-state index in [0.29, 0.717) is 32.6 Å². The molecule has 0 radical (unpaired) electrons. The van der Waals surface area contributed by atoms with Crippen molar-refractivity contribution in [2.75, 3.05) is 51.8 Å². The number of rotatable bonds is 3. The number of carbonyl (C=O) groups is 2. The molecule has 0 saturated carbocycles. The van der Waals surface area contributed by atoms with E-state index in [9.17, 15) is 22.8 Å². The van der Waals surface area contributed by atoms with Gasteiger partial charge >= 0.3 is 12.3 Å². The van der Waals surface area contributed by atoms with Crippen molar-refractivity contribution in [3.8, 4) is 0 Å². The molecule has 0 aliphatic carbocycles. The van der Waals surface area contributed by atoms with E-state index in [1.54, 1.807) is 9.80 Å². The Hall–Kier alpha value is -2.23. The zero-order chi connectivity index (χ0) is 20.2. The standard InChI is InChI=1S/C16H20ClF3N4O3/c1-22(15(26)27-2)10-13(25)23-4-3-5-24(7-6-23)14-12(17)8-11(9-21-14)16(18,19)20/h8-9H,3-7,10H2,1-2H3. The summed E-state index contributed by atoms with van der Waals surface area (Å²) in [6.07, 6.45) is -3.78. The largest absolute Gasteiger partial charge is 0.453 e. The third kappa shape index (κ3) is 5.38. The summed E-state index contributed by atoms with van der Waals surface area (Å²) < 4.78 is 42.8. The van der Waals surface area contributed by atoms with E-state index >= 15 is 0 Å². The van der Waals surface area contributed by atoms with E-state index in [1.807, 2.05) is 0 Å². The molecule has 1 aliphatic heterocycles. The number of alkyl halides is 3. The van der Waals surface area contributed by atoms with E-state index < -0.39 is 17.8 Å². The molecule has 7 nitrogen and oxygen atoms in total. The quantitative estimate of drug-likeness (QED) is 0.768. The van der Waals surface area contributed by atoms with Crippen LogP contribution in [0.3, 0.4) is 0 Å². The van der Waals surface area contributed by atoms with Crippen molar-refractivity contribution in [1.82, 2.24) is 14.8 Å². The van der Waals surface area contributed by atoms with Gasteiger partial charge in [0.05, 0.1) is 17.7 Å². The molecule has 0 bridgehead atoms. The maximum absolute atomic E-state index is 12.7. The van der Waals surface area contributed by atoms with Crippen LogP contribution in [0.4, 0.5) is 23.8 Å². The lowest BCUT2D eigenvalue weighted by atomic mass is 10.2. The van der Waals surface area contributed by atoms with Gasteiger partial charge in [0.15, 0.2) is 0 Å². The molecule has 2 heterocycles. The van der Waals surface area contributed by atoms with Crippen LogP contribution in [0.1, 0.15) is 12.0 Å². The Morgan fingerprint density at radius 2 is 2.00 bits per heavy atom. The molecular weight excluding hydrogens is 389 g/mol. The Labute approximate surface area is 159 Å². The predicted molar refractivity (Wildman–Crippen MR) is 92.7 cm³/mol. The zero-order valence-corrected chi connectivity index (χ0v) is 15.7. The highest BCUT2D eigenvalue weighted by atomic mass is 35.5. The monoisotopic (exact) mass is 408 g/mol. The van der Waals surface area contributed by atoms with Gasteiger partial charge in [-0.15, -0.1) is 0 Å². The van der Waals surface area contributed by atoms with Crippen molar-refractivity contribution in [2.45, 2.75) is 12.6 Å². The van der Waals surface area contributed by atoms with E-state index in [0.717, 1.165) is 12.3 Å². The summed E-state index contributed by atoms with van der Waals surface area (Å²) in [4.78, 5) is 32.1. The topological polar surface area (TPSA) is 66.0 Å². The second-order valence-corrected chi connectivity index (χ2v) is 6.48. The fourth-order valence-corrected chi connectivity index (χ4v) is 3.01. The van der Waals surface area contributed by atoms with Crippen LogP contribution in [0.2, 0.25) is 5.02 Å². The van der Waals surface area contributed by atoms with Crippen LogP contribution < -0.4 is 4.90 Å². The summed E-state index contributed by atoms with van der Waals surface area (Å²) in [5.41, 5.74) is -0.909. The Morgan fingerprint density at radius 3 is 2.59 bits per heavy atom. The number of likely N-dealkylation sites (N-methyl/N-ethyl adjacent to an activating group) is 1. The van der Waals surface area contributed by atoms with Gasteiger partial charge in [-0.25, -0.2) is 9.78 Å². The molecule has 2 rings (SSSR count). The lowest BCUT2D eigenvalue weighted by molar-refractivity contribution is -0.137. The third-order valence-corrected chi connectivity index (χ3v) is 4.43. The van der Waals surface area contributed by atoms with Crippen molar-refractivity contribution in [1.29, 1.82) is 0 Å². The first-order valence-electron chi connectivity index (χ1n) is 8.18. The summed E-state index contributed by atoms with van der Waals surface area (Å²) in [5, 5.41) is -0.0879. The summed E-state index contributed by atoms with van der Waals surface area (Å²) in [7, 11) is 2.69. The second kappa shape index (κ2) is 8.64. The molecule has 0 spiro atoms. The van der Waals surface area contributed by atoms with Gasteiger partial charge in [-0.2, -0.15) is 13.2 Å². The first-order valence-corrected chi connectivity index (χ1v) is 8.56. The van der Waals surface area contributed by atoms with Crippen molar-refractivity contribution < 1.29 is 27.5 Å². The van der Waals surface area contributed by atoms with E-state index in [2.05, 4.69) is 9.72 Å². The Balaban J connectivity index is 2.02. The van der Waals surface area contributed by atoms with E-state index in [4.69, 9.17) is 11.6 Å². The number of hydrogen-bond donors (Lipinski definition) is 0. The molecule has 27 heavy (non-hydrogen) atoms. The van der Waals surface area contributed by atoms with Gasteiger partial charge in [-0.05, 0) is 12.5 Å². The Bertz CT molecular complexity index is 702. The van der Waals surface area contributed by atoms with Crippen LogP contribution in [0.5, 0.6) is 0 Å². The average molecular weight is 409 g/mol. The number of carbonyl (C=O) groups excluding carboxylic acids is 2. The van der Waals surface area contributed by atoms with Crippen LogP contribution >= 0.6 is 11.6 Å². The second-order valence-electron chi connectivity index (χ2n) is 6.07. The fourth-order valence-electron chi connectivity index (χ4n) is 2.72. The molecular formula is C16H20ClF3N4O3. The van der Waals surface area contributed by atoms with Crippen molar-refractivity contribution in [3.63, 3.8) is 0 Å². The van der Waals surface area contributed by atoms with E-state index in [-0.39, 0.29) is 23.3 Å². The minimum absolute atomic E-state index is 0.0879. The molecule has 0 aromatic carbocycles. The van der Waals surface area contributed by atoms with Crippen LogP contribution in [-0.4, -0.2) is 73.7 Å². The van der Waals surface area contributed by atoms with Crippen molar-refractivity contribution in [3.05, 3.63) is 22.8 Å². The SMILES string of the molecule is COC(=O)N(C)CC(=O)N1CCCN(c2ncc(C(F)(F)F)cc2Cl)CC1. The van der Waals surface area contributed by atoms with Gasteiger partial charge in [0.25, 0.3) is 0 Å². The maximum Gasteiger partial charge on any atom is 0.417 e. The first kappa shape index (κ1) is 21.1. The molecule has 150 valence electrons. The molecule has 1 aromatic heterocycles. The lowest BCUT2D eigenvalue weighted by Crippen LogP contribution is -2.42. The highest BCUT2D eigenvalue weighted by Crippen LogP contribution is 2.33. The molecule has 1 aromatic rings. The fraction of sp³-hybridized carbons (Fsp3) is 0.562. The minimum atomic E-state index is -4.51. The molecule has 2 amide bonds. The van der Waals surface area contributed by atoms with Crippen LogP contribution in [0, 0.1) is 0 Å². The minimum Gasteiger partial charge on any atom is -0.453 e. The van der Waals surface area contributed by atoms with Gasteiger partial charge in [0.2, 0.25) is 5.91 Å². The molecule has 11 heteroatoms. The van der Waals surface area contributed by atoms with Gasteiger partial charge in [-0.1, -0.05) is 11.6 Å². The number of hydrogen-bond acceptors (Lipinski definition) is 5. The normalized spacial score (nSPS) is 15.3. The van der Waals surface area contributed by atoms with Crippen LogP contribution in [0.15, 0.2) is 12.3 Å². The number of nitrogens with zero attached hydrogens (tertiary/aromatic N) is 4. The number of ether oxygens (including phenoxy) is 1. The highest BCUT2D eigenvalue weighted by molar-refractivity contribution is 6.33. The van der Waals surface area contributed by atoms with E-state index in [1.165, 1.54) is 19.1 Å². The number of methoxy groups -OCH3 is 1. The number of pyridine rings is 1. The summed E-state index contributed by atoms with van der Waals surface area (Å²) in [6.45, 7) is 1.54. The lowest BCUT2D eigenvalue weighted by Gasteiger charge is -2.25. The number of aromatic nitrogens is 1. The summed E-state index contributed by atoms with van der Waals surface area (Å²) >= 11 is 6.00. The molecule has 0 unspecified atom stereocenters. The Morgan fingerprint density at radius 1 is 1.30 bits per heavy atom. The van der Waals surface area contributed by atoms with Gasteiger partial charge in [-0.3, -0.25) is 4.79 Å². The predicted octanol–water partition coefficient (Wildman–Crippen LogP) is 2.49. The molecule has 1 fully saturated rings. The molecule has 0 N–H and O–H groups in total. The first-order chi connectivity index (χ1) is 12.6. The van der Waals surface area contributed by atoms with Crippen molar-refractivity contribution in [2.24, 2.45) is 0 Å². The van der Waals surface area contributed by atoms with Gasteiger partial charge < -0.3 is 19.4 Å². The number of halogens is 4. The molecule has 0 atom stereocenters. The Kier molecular flexibility index (Phi) is 6.74. The average Bonchev–Trinajstić information content (AvgIpc) is 2.86. The number of amides is 2. The van der Waals surface area contributed by atoms with Gasteiger partial charge in [0, 0.05) is 39.4 Å². The number of anilines is 1. The highest BCUT2D eigenvalue weighted by Gasteiger charge is 2.32. The zero-order valence-electron chi connectivity index (χ0n) is 14.9. The molecule has 1 saturated heterocycles. The maximum atomic E-state index is 12.7. The van der Waals surface area contributed by atoms with Crippen molar-refractivity contribution >= 4 is 29.4 Å². The smallest absolute Gasteiger partial charge is 0.417 e. The molecule has 1 aliphatic rings. The third-order valence-electron chi connectivity index (χ3n) is 4.16.